The largest absolute Gasteiger partial charge is 0.378 e. The highest BCUT2D eigenvalue weighted by atomic mass is 32.2. The van der Waals surface area contributed by atoms with E-state index in [1.165, 1.54) is 70.6 Å². The van der Waals surface area contributed by atoms with Gasteiger partial charge in [-0.3, -0.25) is 0 Å². The summed E-state index contributed by atoms with van der Waals surface area (Å²) in [5.41, 5.74) is 2.07. The molecule has 0 bridgehead atoms. The van der Waals surface area contributed by atoms with Crippen LogP contribution in [0.4, 0.5) is 5.69 Å². The topological polar surface area (TPSA) is 74.2 Å². The van der Waals surface area contributed by atoms with Crippen molar-refractivity contribution in [1.29, 1.82) is 0 Å². The van der Waals surface area contributed by atoms with Crippen LogP contribution in [0.3, 0.4) is 0 Å². The molecule has 0 amide bonds. The van der Waals surface area contributed by atoms with Crippen LogP contribution in [0, 0.1) is 0 Å². The van der Waals surface area contributed by atoms with Gasteiger partial charge in [-0.15, -0.1) is 5.10 Å². The lowest BCUT2D eigenvalue weighted by atomic mass is 10.0. The van der Waals surface area contributed by atoms with Crippen LogP contribution >= 0.6 is 0 Å². The Kier molecular flexibility index (Phi) is 17.2. The molecule has 7 nitrogen and oxygen atoms in total. The number of anilines is 1. The van der Waals surface area contributed by atoms with Crippen molar-refractivity contribution in [1.82, 2.24) is 9.73 Å². The van der Waals surface area contributed by atoms with E-state index in [1.807, 2.05) is 12.1 Å². The molecular formula is C31H56N4O3S. The van der Waals surface area contributed by atoms with Gasteiger partial charge in [0, 0.05) is 37.4 Å². The van der Waals surface area contributed by atoms with Crippen LogP contribution in [0.2, 0.25) is 0 Å². The van der Waals surface area contributed by atoms with Crippen LogP contribution in [0.15, 0.2) is 29.4 Å². The molecular weight excluding hydrogens is 508 g/mol. The maximum Gasteiger partial charge on any atom is 0.247 e. The van der Waals surface area contributed by atoms with Gasteiger partial charge in [0.1, 0.15) is 0 Å². The third kappa shape index (κ3) is 13.9. The number of hydrazone groups is 1. The second kappa shape index (κ2) is 20.1. The second-order valence-corrected chi connectivity index (χ2v) is 12.6. The van der Waals surface area contributed by atoms with E-state index >= 15 is 0 Å². The van der Waals surface area contributed by atoms with Gasteiger partial charge in [0.2, 0.25) is 10.0 Å². The van der Waals surface area contributed by atoms with E-state index in [0.29, 0.717) is 38.6 Å². The molecule has 1 aromatic carbocycles. The SMILES string of the molecule is CCCCCCCCCCCCCCCCS(=O)(=O)N/N=C(/c1ccc(N(CC)CC)cc1)N1CCOCC1. The van der Waals surface area contributed by atoms with E-state index in [2.05, 4.69) is 52.6 Å². The standard InChI is InChI=1S/C31H56N4O3S/c1-4-7-8-9-10-11-12-13-14-15-16-17-18-19-28-39(36,37)33-32-31(35-24-26-38-27-25-35)29-20-22-30(23-21-29)34(5-2)6-3/h20-23,33H,4-19,24-28H2,1-3H3/b32-31-. The highest BCUT2D eigenvalue weighted by Crippen LogP contribution is 2.18. The van der Waals surface area contributed by atoms with Crippen LogP contribution in [0.1, 0.15) is 116 Å². The molecule has 0 spiro atoms. The van der Waals surface area contributed by atoms with Gasteiger partial charge >= 0.3 is 0 Å². The van der Waals surface area contributed by atoms with Gasteiger partial charge in [-0.05, 0) is 44.5 Å². The molecule has 0 radical (unpaired) electrons. The molecule has 1 saturated heterocycles. The van der Waals surface area contributed by atoms with E-state index in [-0.39, 0.29) is 5.75 Å². The lowest BCUT2D eigenvalue weighted by Gasteiger charge is -2.30. The number of rotatable bonds is 21. The van der Waals surface area contributed by atoms with E-state index in [0.717, 1.165) is 37.2 Å². The molecule has 0 aromatic heterocycles. The summed E-state index contributed by atoms with van der Waals surface area (Å²) < 4.78 is 30.9. The quantitative estimate of drug-likeness (QED) is 0.0759. The molecule has 2 rings (SSSR count). The third-order valence-electron chi connectivity index (χ3n) is 7.62. The molecule has 1 heterocycles. The first-order valence-corrected chi connectivity index (χ1v) is 17.4. The van der Waals surface area contributed by atoms with Crippen molar-refractivity contribution in [2.24, 2.45) is 5.10 Å². The Hall–Kier alpha value is -1.80. The Morgan fingerprint density at radius 1 is 0.795 bits per heavy atom. The van der Waals surface area contributed by atoms with Crippen molar-refractivity contribution in [3.05, 3.63) is 29.8 Å². The van der Waals surface area contributed by atoms with Gasteiger partial charge in [0.25, 0.3) is 0 Å². The normalized spacial score (nSPS) is 14.5. The number of morpholine rings is 1. The Balaban J connectivity index is 1.73. The van der Waals surface area contributed by atoms with Crippen molar-refractivity contribution in [3.8, 4) is 0 Å². The van der Waals surface area contributed by atoms with Crippen molar-refractivity contribution >= 4 is 21.5 Å². The molecule has 0 aliphatic carbocycles. The zero-order chi connectivity index (χ0) is 28.2. The Labute approximate surface area is 239 Å². The van der Waals surface area contributed by atoms with Gasteiger partial charge in [0.05, 0.1) is 19.0 Å². The number of amidine groups is 1. The summed E-state index contributed by atoms with van der Waals surface area (Å²) in [6.07, 6.45) is 17.5. The van der Waals surface area contributed by atoms with E-state index in [4.69, 9.17) is 4.74 Å². The van der Waals surface area contributed by atoms with Crippen LogP contribution in [0.5, 0.6) is 0 Å². The number of hydrogen-bond acceptors (Lipinski definition) is 5. The molecule has 0 unspecified atom stereocenters. The van der Waals surface area contributed by atoms with Gasteiger partial charge < -0.3 is 14.5 Å². The number of sulfonamides is 1. The van der Waals surface area contributed by atoms with E-state index < -0.39 is 10.0 Å². The number of nitrogens with zero attached hydrogens (tertiary/aromatic N) is 3. The van der Waals surface area contributed by atoms with Crippen molar-refractivity contribution in [2.75, 3.05) is 50.0 Å². The Bertz CT molecular complexity index is 880. The Morgan fingerprint density at radius 3 is 1.77 bits per heavy atom. The smallest absolute Gasteiger partial charge is 0.247 e. The molecule has 1 aliphatic heterocycles. The second-order valence-electron chi connectivity index (χ2n) is 10.8. The van der Waals surface area contributed by atoms with Crippen LogP contribution in [-0.2, 0) is 14.8 Å². The van der Waals surface area contributed by atoms with Crippen molar-refractivity contribution in [2.45, 2.75) is 111 Å². The Morgan fingerprint density at radius 2 is 1.28 bits per heavy atom. The average Bonchev–Trinajstić information content (AvgIpc) is 2.95. The average molecular weight is 565 g/mol. The summed E-state index contributed by atoms with van der Waals surface area (Å²) >= 11 is 0. The highest BCUT2D eigenvalue weighted by Gasteiger charge is 2.19. The van der Waals surface area contributed by atoms with E-state index in [9.17, 15) is 8.42 Å². The van der Waals surface area contributed by atoms with Gasteiger partial charge in [0.15, 0.2) is 5.84 Å². The van der Waals surface area contributed by atoms with Crippen molar-refractivity contribution in [3.63, 3.8) is 0 Å². The minimum Gasteiger partial charge on any atom is -0.378 e. The molecule has 8 heteroatoms. The summed E-state index contributed by atoms with van der Waals surface area (Å²) in [5.74, 6) is 0.778. The fraction of sp³-hybridized carbons (Fsp3) is 0.774. The number of nitrogens with one attached hydrogen (secondary N) is 1. The summed E-state index contributed by atoms with van der Waals surface area (Å²) in [6.45, 7) is 11.1. The summed E-state index contributed by atoms with van der Waals surface area (Å²) in [4.78, 5) is 6.92. The highest BCUT2D eigenvalue weighted by molar-refractivity contribution is 7.89. The first-order chi connectivity index (χ1) is 19.0. The minimum atomic E-state index is -3.47. The van der Waals surface area contributed by atoms with Crippen molar-refractivity contribution < 1.29 is 13.2 Å². The molecule has 1 N–H and O–H groups in total. The first-order valence-electron chi connectivity index (χ1n) is 15.8. The number of unbranched alkanes of at least 4 members (excludes halogenated alkanes) is 13. The number of hydrogen-bond donors (Lipinski definition) is 1. The molecule has 1 aliphatic rings. The zero-order valence-corrected chi connectivity index (χ0v) is 25.9. The van der Waals surface area contributed by atoms with Gasteiger partial charge in [-0.2, -0.15) is 0 Å². The summed E-state index contributed by atoms with van der Waals surface area (Å²) in [7, 11) is -3.47. The number of benzene rings is 1. The molecule has 0 saturated carbocycles. The lowest BCUT2D eigenvalue weighted by molar-refractivity contribution is 0.0681. The maximum atomic E-state index is 12.7. The first kappa shape index (κ1) is 33.4. The predicted molar refractivity (Wildman–Crippen MR) is 166 cm³/mol. The molecule has 1 aromatic rings. The van der Waals surface area contributed by atoms with Gasteiger partial charge in [-0.1, -0.05) is 90.4 Å². The monoisotopic (exact) mass is 564 g/mol. The maximum absolute atomic E-state index is 12.7. The van der Waals surface area contributed by atoms with Crippen LogP contribution < -0.4 is 9.73 Å². The third-order valence-corrected chi connectivity index (χ3v) is 8.82. The molecule has 1 fully saturated rings. The lowest BCUT2D eigenvalue weighted by Crippen LogP contribution is -2.42. The van der Waals surface area contributed by atoms with Gasteiger partial charge in [-0.25, -0.2) is 13.2 Å². The molecule has 0 atom stereocenters. The van der Waals surface area contributed by atoms with Crippen LogP contribution in [-0.4, -0.2) is 64.3 Å². The fourth-order valence-corrected chi connectivity index (χ4v) is 6.05. The predicted octanol–water partition coefficient (Wildman–Crippen LogP) is 6.93. The fourth-order valence-electron chi connectivity index (χ4n) is 5.15. The molecule has 224 valence electrons. The summed E-state index contributed by atoms with van der Waals surface area (Å²) in [6, 6.07) is 8.23. The zero-order valence-electron chi connectivity index (χ0n) is 25.1. The van der Waals surface area contributed by atoms with E-state index in [1.54, 1.807) is 0 Å². The molecule has 39 heavy (non-hydrogen) atoms. The minimum absolute atomic E-state index is 0.117. The van der Waals surface area contributed by atoms with Crippen LogP contribution in [0.25, 0.3) is 0 Å². The summed E-state index contributed by atoms with van der Waals surface area (Å²) in [5, 5.41) is 4.42. The number of ether oxygens (including phenoxy) is 1.